The zero-order valence-corrected chi connectivity index (χ0v) is 19.7. The molecular weight excluding hydrogens is 468 g/mol. The fourth-order valence-corrected chi connectivity index (χ4v) is 7.55. The van der Waals surface area contributed by atoms with Crippen molar-refractivity contribution in [2.45, 2.75) is 31.7 Å². The number of carbonyl (C=O) groups excluding carboxylic acids is 1. The third kappa shape index (κ3) is 3.86. The van der Waals surface area contributed by atoms with Crippen molar-refractivity contribution in [2.24, 2.45) is 0 Å². The molecule has 3 saturated heterocycles. The first-order valence-electron chi connectivity index (χ1n) is 10.6. The first-order valence-corrected chi connectivity index (χ1v) is 13.6. The topological polar surface area (TPSA) is 92.1 Å². The molecule has 5 heterocycles. The smallest absolute Gasteiger partial charge is 0.267 e. The number of hydrogen-bond acceptors (Lipinski definition) is 8. The molecule has 0 radical (unpaired) electrons. The molecule has 32 heavy (non-hydrogen) atoms. The Hall–Kier alpha value is -2.24. The van der Waals surface area contributed by atoms with E-state index in [1.807, 2.05) is 6.07 Å². The predicted molar refractivity (Wildman–Crippen MR) is 130 cm³/mol. The van der Waals surface area contributed by atoms with Gasteiger partial charge in [0, 0.05) is 19.3 Å². The van der Waals surface area contributed by atoms with Gasteiger partial charge in [0.25, 0.3) is 11.5 Å². The molecule has 0 bridgehead atoms. The molecular formula is C21H22N4O4S3. The van der Waals surface area contributed by atoms with E-state index < -0.39 is 15.9 Å². The number of thiocarbonyl (C=S) groups is 1. The number of fused-ring (bicyclic) bond motifs is 1. The molecule has 2 aromatic rings. The Kier molecular flexibility index (Phi) is 5.58. The van der Waals surface area contributed by atoms with Crippen molar-refractivity contribution in [1.29, 1.82) is 0 Å². The number of amides is 1. The second kappa shape index (κ2) is 8.27. The van der Waals surface area contributed by atoms with Gasteiger partial charge in [0.15, 0.2) is 9.84 Å². The summed E-state index contributed by atoms with van der Waals surface area (Å²) in [5.74, 6) is 0.216. The van der Waals surface area contributed by atoms with Crippen molar-refractivity contribution in [1.82, 2.24) is 14.3 Å². The number of anilines is 1. The zero-order chi connectivity index (χ0) is 22.5. The van der Waals surface area contributed by atoms with Gasteiger partial charge in [-0.1, -0.05) is 30.0 Å². The number of hydrogen-bond donors (Lipinski definition) is 0. The Bertz CT molecular complexity index is 1310. The average Bonchev–Trinajstić information content (AvgIpc) is 3.27. The Balaban J connectivity index is 1.58. The van der Waals surface area contributed by atoms with Crippen LogP contribution in [0, 0.1) is 0 Å². The number of rotatable bonds is 3. The van der Waals surface area contributed by atoms with Crippen molar-refractivity contribution >= 4 is 61.6 Å². The van der Waals surface area contributed by atoms with Gasteiger partial charge in [-0.3, -0.25) is 18.9 Å². The Morgan fingerprint density at radius 1 is 1.16 bits per heavy atom. The van der Waals surface area contributed by atoms with Crippen LogP contribution in [0.2, 0.25) is 0 Å². The van der Waals surface area contributed by atoms with Gasteiger partial charge in [0.1, 0.15) is 15.8 Å². The molecule has 1 unspecified atom stereocenters. The summed E-state index contributed by atoms with van der Waals surface area (Å²) in [7, 11) is -3.16. The zero-order valence-electron chi connectivity index (χ0n) is 17.3. The number of sulfone groups is 1. The summed E-state index contributed by atoms with van der Waals surface area (Å²) in [6.07, 6.45) is 6.81. The van der Waals surface area contributed by atoms with Gasteiger partial charge in [0.05, 0.1) is 28.0 Å². The second-order valence-electron chi connectivity index (χ2n) is 8.24. The highest BCUT2D eigenvalue weighted by Gasteiger charge is 2.42. The van der Waals surface area contributed by atoms with E-state index in [0.717, 1.165) is 44.1 Å². The van der Waals surface area contributed by atoms with Crippen LogP contribution < -0.4 is 10.5 Å². The molecule has 0 aromatic carbocycles. The maximum atomic E-state index is 13.4. The molecule has 0 spiro atoms. The Morgan fingerprint density at radius 2 is 1.94 bits per heavy atom. The van der Waals surface area contributed by atoms with Crippen LogP contribution in [0.4, 0.5) is 5.82 Å². The summed E-state index contributed by atoms with van der Waals surface area (Å²) >= 11 is 6.53. The van der Waals surface area contributed by atoms with E-state index >= 15 is 0 Å². The van der Waals surface area contributed by atoms with Crippen LogP contribution in [0.3, 0.4) is 0 Å². The normalized spacial score (nSPS) is 24.8. The molecule has 5 rings (SSSR count). The molecule has 3 aliphatic rings. The lowest BCUT2D eigenvalue weighted by molar-refractivity contribution is -0.123. The maximum absolute atomic E-state index is 13.4. The minimum atomic E-state index is -3.16. The van der Waals surface area contributed by atoms with Gasteiger partial charge in [-0.2, -0.15) is 0 Å². The summed E-state index contributed by atoms with van der Waals surface area (Å²) in [6.45, 7) is 1.61. The fraction of sp³-hybridized carbons (Fsp3) is 0.429. The van der Waals surface area contributed by atoms with Crippen molar-refractivity contribution in [2.75, 3.05) is 29.5 Å². The first kappa shape index (κ1) is 21.6. The molecule has 1 amide bonds. The Labute approximate surface area is 195 Å². The average molecular weight is 491 g/mol. The molecule has 8 nitrogen and oxygen atoms in total. The third-order valence-corrected chi connectivity index (χ3v) is 9.16. The molecule has 1 atom stereocenters. The summed E-state index contributed by atoms with van der Waals surface area (Å²) in [5, 5.41) is 0. The molecule has 11 heteroatoms. The van der Waals surface area contributed by atoms with Crippen LogP contribution in [-0.2, 0) is 14.6 Å². The van der Waals surface area contributed by atoms with Gasteiger partial charge in [0.2, 0.25) is 0 Å². The molecule has 168 valence electrons. The largest absolute Gasteiger partial charge is 0.356 e. The summed E-state index contributed by atoms with van der Waals surface area (Å²) < 4.78 is 25.6. The van der Waals surface area contributed by atoms with Gasteiger partial charge in [-0.05, 0) is 43.9 Å². The highest BCUT2D eigenvalue weighted by atomic mass is 32.2. The first-order chi connectivity index (χ1) is 15.3. The van der Waals surface area contributed by atoms with Crippen LogP contribution in [0.1, 0.15) is 31.2 Å². The van der Waals surface area contributed by atoms with Crippen molar-refractivity contribution in [3.05, 3.63) is 45.2 Å². The van der Waals surface area contributed by atoms with Crippen molar-refractivity contribution < 1.29 is 13.2 Å². The van der Waals surface area contributed by atoms with Crippen LogP contribution in [0.5, 0.6) is 0 Å². The van der Waals surface area contributed by atoms with Gasteiger partial charge in [-0.15, -0.1) is 0 Å². The third-order valence-electron chi connectivity index (χ3n) is 6.08. The predicted octanol–water partition coefficient (Wildman–Crippen LogP) is 2.07. The summed E-state index contributed by atoms with van der Waals surface area (Å²) in [6, 6.07) is 4.94. The van der Waals surface area contributed by atoms with E-state index in [1.165, 1.54) is 9.30 Å². The van der Waals surface area contributed by atoms with Gasteiger partial charge in [-0.25, -0.2) is 13.4 Å². The molecule has 0 saturated carbocycles. The lowest BCUT2D eigenvalue weighted by Crippen LogP contribution is -2.39. The highest BCUT2D eigenvalue weighted by molar-refractivity contribution is 8.26. The van der Waals surface area contributed by atoms with Crippen LogP contribution in [0.15, 0.2) is 34.1 Å². The maximum Gasteiger partial charge on any atom is 0.267 e. The fourth-order valence-electron chi connectivity index (χ4n) is 4.47. The number of aromatic nitrogens is 2. The SMILES string of the molecule is O=C1C(=Cc2c(N3CCCCC3)nc3ccccn3c2=O)SC(=S)N1C1CCS(=O)(=O)C1. The minimum absolute atomic E-state index is 0.0584. The van der Waals surface area contributed by atoms with Crippen molar-refractivity contribution in [3.63, 3.8) is 0 Å². The van der Waals surface area contributed by atoms with Gasteiger partial charge < -0.3 is 4.90 Å². The summed E-state index contributed by atoms with van der Waals surface area (Å²) in [5.41, 5.74) is 0.666. The molecule has 3 aliphatic heterocycles. The second-order valence-corrected chi connectivity index (χ2v) is 12.1. The van der Waals surface area contributed by atoms with Crippen LogP contribution in [0.25, 0.3) is 11.7 Å². The highest BCUT2D eigenvalue weighted by Crippen LogP contribution is 2.37. The minimum Gasteiger partial charge on any atom is -0.356 e. The lowest BCUT2D eigenvalue weighted by atomic mass is 10.1. The number of nitrogens with zero attached hydrogens (tertiary/aromatic N) is 4. The van der Waals surface area contributed by atoms with Crippen LogP contribution in [-0.4, -0.2) is 63.6 Å². The number of pyridine rings is 1. The standard InChI is InChI=1S/C21H22N4O4S3/c26-19-15(12-16-20(27)25(21(30)31-16)14-7-11-32(28,29)13-14)18(23-8-3-1-4-9-23)22-17-6-2-5-10-24(17)19/h2,5-6,10,12,14H,1,3-4,7-9,11,13H2. The van der Waals surface area contributed by atoms with Crippen molar-refractivity contribution in [3.8, 4) is 0 Å². The van der Waals surface area contributed by atoms with E-state index in [-0.39, 0.29) is 23.0 Å². The number of piperidine rings is 1. The van der Waals surface area contributed by atoms with E-state index in [2.05, 4.69) is 4.90 Å². The number of thioether (sulfide) groups is 1. The monoisotopic (exact) mass is 490 g/mol. The Morgan fingerprint density at radius 3 is 2.66 bits per heavy atom. The van der Waals surface area contributed by atoms with E-state index in [0.29, 0.717) is 32.7 Å². The molecule has 3 fully saturated rings. The van der Waals surface area contributed by atoms with E-state index in [9.17, 15) is 18.0 Å². The van der Waals surface area contributed by atoms with Gasteiger partial charge >= 0.3 is 0 Å². The molecule has 0 N–H and O–H groups in total. The van der Waals surface area contributed by atoms with E-state index in [1.54, 1.807) is 24.4 Å². The summed E-state index contributed by atoms with van der Waals surface area (Å²) in [4.78, 5) is 35.2. The quantitative estimate of drug-likeness (QED) is 0.477. The number of carbonyl (C=O) groups is 1. The lowest BCUT2D eigenvalue weighted by Gasteiger charge is -2.29. The molecule has 0 aliphatic carbocycles. The van der Waals surface area contributed by atoms with E-state index in [4.69, 9.17) is 17.2 Å². The van der Waals surface area contributed by atoms with Crippen LogP contribution >= 0.6 is 24.0 Å². The molecule has 2 aromatic heterocycles.